The fourth-order valence-corrected chi connectivity index (χ4v) is 6.09. The largest absolute Gasteiger partial charge is 0.342 e. The molecule has 0 fully saturated rings. The lowest BCUT2D eigenvalue weighted by Gasteiger charge is -2.20. The number of hydrazone groups is 1. The van der Waals surface area contributed by atoms with Crippen LogP contribution in [0.15, 0.2) is 107 Å². The van der Waals surface area contributed by atoms with Crippen molar-refractivity contribution >= 4 is 61.8 Å². The molecular weight excluding hydrogens is 486 g/mol. The van der Waals surface area contributed by atoms with Crippen LogP contribution in [0.5, 0.6) is 0 Å². The number of benzene rings is 3. The maximum absolute atomic E-state index is 13.0. The first-order valence-corrected chi connectivity index (χ1v) is 13.2. The van der Waals surface area contributed by atoms with Crippen LogP contribution < -0.4 is 0 Å². The highest BCUT2D eigenvalue weighted by Crippen LogP contribution is 2.34. The number of rotatable bonds is 5. The maximum Gasteiger partial charge on any atom is 0.283 e. The molecule has 0 radical (unpaired) electrons. The van der Waals surface area contributed by atoms with Gasteiger partial charge in [-0.15, -0.1) is 5.10 Å². The highest BCUT2D eigenvalue weighted by Gasteiger charge is 2.36. The van der Waals surface area contributed by atoms with E-state index in [4.69, 9.17) is 5.41 Å². The standard InChI is InChI=1S/C28H21N5OS2/c29-25-23(26(34)30-27-33(25)31-28(36-27)35-18-20-11-5-2-6-12-20)15-21-17-32(16-19-9-3-1-4-10-19)24-14-8-7-13-22(21)24/h1-15,17,29H,16,18H2/b23-15-,29-25?. The average molecular weight is 508 g/mol. The summed E-state index contributed by atoms with van der Waals surface area (Å²) in [4.78, 5) is 17.2. The molecule has 0 atom stereocenters. The first-order valence-electron chi connectivity index (χ1n) is 11.4. The Labute approximate surface area is 216 Å². The molecule has 0 bridgehead atoms. The zero-order valence-corrected chi connectivity index (χ0v) is 20.8. The summed E-state index contributed by atoms with van der Waals surface area (Å²) in [7, 11) is 0. The van der Waals surface area contributed by atoms with Gasteiger partial charge in [-0.05, 0) is 35.0 Å². The van der Waals surface area contributed by atoms with E-state index >= 15 is 0 Å². The minimum Gasteiger partial charge on any atom is -0.342 e. The molecule has 4 aromatic rings. The molecule has 2 aliphatic heterocycles. The van der Waals surface area contributed by atoms with Crippen LogP contribution >= 0.6 is 23.5 Å². The smallest absolute Gasteiger partial charge is 0.283 e. The van der Waals surface area contributed by atoms with Gasteiger partial charge in [-0.25, -0.2) is 0 Å². The van der Waals surface area contributed by atoms with E-state index in [0.717, 1.165) is 26.6 Å². The lowest BCUT2D eigenvalue weighted by atomic mass is 10.1. The Hall–Kier alpha value is -3.88. The summed E-state index contributed by atoms with van der Waals surface area (Å²) in [6.07, 6.45) is 3.80. The maximum atomic E-state index is 13.0. The van der Waals surface area contributed by atoms with E-state index < -0.39 is 5.91 Å². The molecule has 3 heterocycles. The van der Waals surface area contributed by atoms with Gasteiger partial charge >= 0.3 is 0 Å². The quantitative estimate of drug-likeness (QED) is 0.327. The SMILES string of the molecule is N=C1/C(=C/c2cn(Cc3ccccc3)c3ccccc23)C(=O)N=C2SC(SCc3ccccc3)=NN12. The number of para-hydroxylation sites is 1. The average Bonchev–Trinajstić information content (AvgIpc) is 3.48. The Morgan fingerprint density at radius 2 is 1.61 bits per heavy atom. The molecule has 1 aromatic heterocycles. The van der Waals surface area contributed by atoms with Gasteiger partial charge in [0.2, 0.25) is 5.17 Å². The van der Waals surface area contributed by atoms with E-state index in [1.54, 1.807) is 17.8 Å². The second-order valence-electron chi connectivity index (χ2n) is 8.38. The summed E-state index contributed by atoms with van der Waals surface area (Å²) >= 11 is 2.91. The first kappa shape index (κ1) is 22.6. The van der Waals surface area contributed by atoms with Gasteiger partial charge in [-0.2, -0.15) is 10.0 Å². The van der Waals surface area contributed by atoms with Gasteiger partial charge in [0.1, 0.15) is 0 Å². The molecule has 1 N–H and O–H groups in total. The van der Waals surface area contributed by atoms with Gasteiger partial charge in [0.05, 0.1) is 5.57 Å². The Balaban J connectivity index is 1.29. The number of amides is 1. The third-order valence-corrected chi connectivity index (χ3v) is 8.07. The van der Waals surface area contributed by atoms with E-state index in [2.05, 4.69) is 45.0 Å². The normalized spacial score (nSPS) is 16.4. The lowest BCUT2D eigenvalue weighted by molar-refractivity contribution is -0.114. The molecule has 0 aliphatic carbocycles. The summed E-state index contributed by atoms with van der Waals surface area (Å²) in [5.41, 5.74) is 4.57. The first-order chi connectivity index (χ1) is 17.7. The monoisotopic (exact) mass is 507 g/mol. The van der Waals surface area contributed by atoms with Crippen molar-refractivity contribution in [3.63, 3.8) is 0 Å². The van der Waals surface area contributed by atoms with Crippen LogP contribution in [-0.2, 0) is 17.1 Å². The molecule has 3 aromatic carbocycles. The van der Waals surface area contributed by atoms with Gasteiger partial charge < -0.3 is 4.57 Å². The van der Waals surface area contributed by atoms with Crippen molar-refractivity contribution in [1.82, 2.24) is 9.58 Å². The third-order valence-electron chi connectivity index (χ3n) is 5.96. The van der Waals surface area contributed by atoms with Gasteiger partial charge in [0.25, 0.3) is 5.91 Å². The van der Waals surface area contributed by atoms with Gasteiger partial charge in [-0.1, -0.05) is 90.6 Å². The van der Waals surface area contributed by atoms with E-state index in [0.29, 0.717) is 11.7 Å². The molecule has 8 heteroatoms. The number of thioether (sulfide) groups is 2. The number of hydrogen-bond acceptors (Lipinski definition) is 5. The fraction of sp³-hybridized carbons (Fsp3) is 0.0714. The van der Waals surface area contributed by atoms with Crippen LogP contribution in [0, 0.1) is 5.41 Å². The predicted octanol–water partition coefficient (Wildman–Crippen LogP) is 6.20. The Kier molecular flexibility index (Phi) is 6.04. The molecule has 6 rings (SSSR count). The topological polar surface area (TPSA) is 73.8 Å². The number of aromatic nitrogens is 1. The molecule has 0 spiro atoms. The zero-order chi connectivity index (χ0) is 24.5. The third kappa shape index (κ3) is 4.41. The summed E-state index contributed by atoms with van der Waals surface area (Å²) in [5.74, 6) is 0.398. The molecule has 0 saturated heterocycles. The van der Waals surface area contributed by atoms with Crippen LogP contribution in [-0.4, -0.2) is 30.9 Å². The minimum atomic E-state index is -0.414. The molecule has 6 nitrogen and oxygen atoms in total. The number of hydrogen-bond donors (Lipinski definition) is 1. The number of carbonyl (C=O) groups is 1. The Morgan fingerprint density at radius 1 is 0.917 bits per heavy atom. The van der Waals surface area contributed by atoms with Gasteiger partial charge in [0.15, 0.2) is 10.2 Å². The Bertz CT molecular complexity index is 1570. The molecule has 36 heavy (non-hydrogen) atoms. The van der Waals surface area contributed by atoms with Crippen molar-refractivity contribution in [1.29, 1.82) is 5.41 Å². The Morgan fingerprint density at radius 3 is 2.39 bits per heavy atom. The van der Waals surface area contributed by atoms with Crippen LogP contribution in [0.25, 0.3) is 17.0 Å². The molecule has 0 unspecified atom stereocenters. The van der Waals surface area contributed by atoms with Crippen molar-refractivity contribution in [2.24, 2.45) is 10.1 Å². The molecule has 176 valence electrons. The van der Waals surface area contributed by atoms with Crippen molar-refractivity contribution in [2.45, 2.75) is 12.3 Å². The number of aliphatic imine (C=N–C) groups is 1. The molecular formula is C28H21N5OS2. The van der Waals surface area contributed by atoms with Crippen molar-refractivity contribution in [2.75, 3.05) is 0 Å². The van der Waals surface area contributed by atoms with E-state index in [1.807, 2.05) is 60.8 Å². The lowest BCUT2D eigenvalue weighted by Crippen LogP contribution is -2.35. The van der Waals surface area contributed by atoms with Crippen LogP contribution in [0.2, 0.25) is 0 Å². The van der Waals surface area contributed by atoms with E-state index in [9.17, 15) is 4.79 Å². The van der Waals surface area contributed by atoms with E-state index in [1.165, 1.54) is 27.9 Å². The van der Waals surface area contributed by atoms with Crippen molar-refractivity contribution < 1.29 is 4.79 Å². The van der Waals surface area contributed by atoms with Crippen LogP contribution in [0.4, 0.5) is 0 Å². The summed E-state index contributed by atoms with van der Waals surface area (Å²) in [6, 6.07) is 28.5. The number of carbonyl (C=O) groups excluding carboxylic acids is 1. The summed E-state index contributed by atoms with van der Waals surface area (Å²) < 4.78 is 2.95. The van der Waals surface area contributed by atoms with Crippen molar-refractivity contribution in [3.05, 3.63) is 113 Å². The van der Waals surface area contributed by atoms with Crippen LogP contribution in [0.3, 0.4) is 0 Å². The van der Waals surface area contributed by atoms with Gasteiger partial charge in [-0.3, -0.25) is 10.2 Å². The number of nitrogens with zero attached hydrogens (tertiary/aromatic N) is 4. The molecule has 2 aliphatic rings. The summed E-state index contributed by atoms with van der Waals surface area (Å²) in [6.45, 7) is 0.716. The highest BCUT2D eigenvalue weighted by atomic mass is 32.2. The van der Waals surface area contributed by atoms with Crippen LogP contribution in [0.1, 0.15) is 16.7 Å². The zero-order valence-electron chi connectivity index (χ0n) is 19.2. The fourth-order valence-electron chi connectivity index (χ4n) is 4.21. The number of nitrogens with one attached hydrogen (secondary N) is 1. The second kappa shape index (κ2) is 9.64. The molecule has 0 saturated carbocycles. The number of amidine groups is 2. The van der Waals surface area contributed by atoms with Crippen molar-refractivity contribution in [3.8, 4) is 0 Å². The predicted molar refractivity (Wildman–Crippen MR) is 150 cm³/mol. The highest BCUT2D eigenvalue weighted by molar-refractivity contribution is 8.45. The number of fused-ring (bicyclic) bond motifs is 2. The summed E-state index contributed by atoms with van der Waals surface area (Å²) in [5, 5.41) is 16.3. The second-order valence-corrected chi connectivity index (χ2v) is 10.6. The molecule has 1 amide bonds. The van der Waals surface area contributed by atoms with E-state index in [-0.39, 0.29) is 11.4 Å². The van der Waals surface area contributed by atoms with Gasteiger partial charge in [0, 0.05) is 35.0 Å². The minimum absolute atomic E-state index is 0.0488.